The molecule has 0 spiro atoms. The number of hydrogen-bond acceptors (Lipinski definition) is 5. The van der Waals surface area contributed by atoms with Crippen molar-refractivity contribution in [2.24, 2.45) is 0 Å². The van der Waals surface area contributed by atoms with E-state index in [1.54, 1.807) is 18.3 Å². The Morgan fingerprint density at radius 3 is 2.10 bits per heavy atom. The van der Waals surface area contributed by atoms with Gasteiger partial charge in [0, 0.05) is 6.61 Å². The molecule has 0 fully saturated rings. The maximum atomic E-state index is 5.68. The van der Waals surface area contributed by atoms with Gasteiger partial charge in [0.25, 0.3) is 0 Å². The summed E-state index contributed by atoms with van der Waals surface area (Å²) in [6, 6.07) is 3.46. The highest BCUT2D eigenvalue weighted by Crippen LogP contribution is 2.11. The Morgan fingerprint density at radius 1 is 0.905 bits per heavy atom. The predicted molar refractivity (Wildman–Crippen MR) is 82.1 cm³/mol. The highest BCUT2D eigenvalue weighted by atomic mass is 35.5. The van der Waals surface area contributed by atoms with Gasteiger partial charge in [0.05, 0.1) is 39.2 Å². The van der Waals surface area contributed by atoms with Crippen molar-refractivity contribution < 1.29 is 18.9 Å². The molecule has 1 aromatic heterocycles. The smallest absolute Gasteiger partial charge is 0.137 e. The molecule has 0 N–H and O–H groups in total. The molecule has 0 bridgehead atoms. The molecule has 0 aliphatic heterocycles. The zero-order valence-corrected chi connectivity index (χ0v) is 13.3. The lowest BCUT2D eigenvalue weighted by Gasteiger charge is -2.08. The molecule has 0 saturated heterocycles. The fourth-order valence-electron chi connectivity index (χ4n) is 1.45. The Balaban J connectivity index is 1.81. The molecule has 1 rings (SSSR count). The second kappa shape index (κ2) is 12.8. The molecule has 6 heteroatoms. The fraction of sp³-hybridized carbons (Fsp3) is 0.667. The SMILES string of the molecule is CCCCOCCOCCOCCOc1ccc(Cl)nc1. The minimum Gasteiger partial charge on any atom is -0.490 e. The zero-order chi connectivity index (χ0) is 15.2. The molecule has 120 valence electrons. The number of unbranched alkanes of at least 4 members (excludes halogenated alkanes) is 1. The van der Waals surface area contributed by atoms with Crippen LogP contribution in [0.3, 0.4) is 0 Å². The number of halogens is 1. The zero-order valence-electron chi connectivity index (χ0n) is 12.6. The van der Waals surface area contributed by atoms with Crippen molar-refractivity contribution in [3.8, 4) is 5.75 Å². The van der Waals surface area contributed by atoms with Crippen molar-refractivity contribution in [3.63, 3.8) is 0 Å². The van der Waals surface area contributed by atoms with Crippen molar-refractivity contribution in [2.45, 2.75) is 19.8 Å². The first kappa shape index (κ1) is 18.2. The normalized spacial score (nSPS) is 10.8. The van der Waals surface area contributed by atoms with E-state index < -0.39 is 0 Å². The van der Waals surface area contributed by atoms with Gasteiger partial charge in [-0.1, -0.05) is 24.9 Å². The van der Waals surface area contributed by atoms with Crippen LogP contribution in [0.2, 0.25) is 5.15 Å². The van der Waals surface area contributed by atoms with Crippen molar-refractivity contribution >= 4 is 11.6 Å². The molecule has 0 atom stereocenters. The van der Waals surface area contributed by atoms with Crippen LogP contribution in [0.25, 0.3) is 0 Å². The van der Waals surface area contributed by atoms with Gasteiger partial charge in [-0.3, -0.25) is 0 Å². The van der Waals surface area contributed by atoms with Crippen LogP contribution in [0.5, 0.6) is 5.75 Å². The fourth-order valence-corrected chi connectivity index (χ4v) is 1.57. The number of hydrogen-bond donors (Lipinski definition) is 0. The first-order chi connectivity index (χ1) is 10.3. The van der Waals surface area contributed by atoms with Crippen molar-refractivity contribution in [2.75, 3.05) is 46.2 Å². The van der Waals surface area contributed by atoms with Crippen LogP contribution < -0.4 is 4.74 Å². The van der Waals surface area contributed by atoms with Gasteiger partial charge in [-0.05, 0) is 18.6 Å². The molecule has 1 aromatic rings. The average molecular weight is 318 g/mol. The molecule has 5 nitrogen and oxygen atoms in total. The molecule has 0 aromatic carbocycles. The number of rotatable bonds is 13. The molecule has 0 unspecified atom stereocenters. The Morgan fingerprint density at radius 2 is 1.52 bits per heavy atom. The average Bonchev–Trinajstić information content (AvgIpc) is 2.50. The van der Waals surface area contributed by atoms with E-state index >= 15 is 0 Å². The minimum atomic E-state index is 0.453. The number of nitrogens with zero attached hydrogens (tertiary/aromatic N) is 1. The molecule has 21 heavy (non-hydrogen) atoms. The van der Waals surface area contributed by atoms with Crippen molar-refractivity contribution in [1.82, 2.24) is 4.98 Å². The second-order valence-corrected chi connectivity index (χ2v) is 4.74. The van der Waals surface area contributed by atoms with Crippen LogP contribution in [0.4, 0.5) is 0 Å². The summed E-state index contributed by atoms with van der Waals surface area (Å²) in [5.74, 6) is 0.684. The molecular formula is C15H24ClNO4. The first-order valence-corrected chi connectivity index (χ1v) is 7.68. The summed E-state index contributed by atoms with van der Waals surface area (Å²) in [7, 11) is 0. The van der Waals surface area contributed by atoms with E-state index in [9.17, 15) is 0 Å². The first-order valence-electron chi connectivity index (χ1n) is 7.30. The maximum absolute atomic E-state index is 5.68. The van der Waals surface area contributed by atoms with Crippen LogP contribution >= 0.6 is 11.6 Å². The lowest BCUT2D eigenvalue weighted by molar-refractivity contribution is 0.00893. The standard InChI is InChI=1S/C15H24ClNO4/c1-2-3-6-18-7-8-19-9-10-20-11-12-21-14-4-5-15(16)17-13-14/h4-5,13H,2-3,6-12H2,1H3. The highest BCUT2D eigenvalue weighted by Gasteiger charge is 1.95. The van der Waals surface area contributed by atoms with Crippen LogP contribution in [0.1, 0.15) is 19.8 Å². The van der Waals surface area contributed by atoms with E-state index in [1.807, 2.05) is 0 Å². The van der Waals surface area contributed by atoms with Gasteiger partial charge in [-0.25, -0.2) is 4.98 Å². The summed E-state index contributed by atoms with van der Waals surface area (Å²) in [4.78, 5) is 3.92. The third-order valence-corrected chi connectivity index (χ3v) is 2.81. The number of pyridine rings is 1. The third kappa shape index (κ3) is 10.5. The van der Waals surface area contributed by atoms with E-state index in [2.05, 4.69) is 11.9 Å². The number of aromatic nitrogens is 1. The summed E-state index contributed by atoms with van der Waals surface area (Å²) in [5, 5.41) is 0.453. The van der Waals surface area contributed by atoms with E-state index in [0.29, 0.717) is 50.5 Å². The van der Waals surface area contributed by atoms with Crippen LogP contribution in [0.15, 0.2) is 18.3 Å². The van der Waals surface area contributed by atoms with Gasteiger partial charge in [-0.15, -0.1) is 0 Å². The topological polar surface area (TPSA) is 49.8 Å². The summed E-state index contributed by atoms with van der Waals surface area (Å²) >= 11 is 5.68. The van der Waals surface area contributed by atoms with E-state index in [0.717, 1.165) is 19.4 Å². The van der Waals surface area contributed by atoms with E-state index in [1.165, 1.54) is 0 Å². The Labute approximate surface area is 131 Å². The lowest BCUT2D eigenvalue weighted by Crippen LogP contribution is -2.13. The molecule has 0 aliphatic carbocycles. The summed E-state index contributed by atoms with van der Waals surface area (Å²) in [6.45, 7) is 6.32. The van der Waals surface area contributed by atoms with Gasteiger partial charge in [0.15, 0.2) is 0 Å². The molecule has 0 radical (unpaired) electrons. The van der Waals surface area contributed by atoms with Gasteiger partial charge < -0.3 is 18.9 Å². The highest BCUT2D eigenvalue weighted by molar-refractivity contribution is 6.29. The summed E-state index contributed by atoms with van der Waals surface area (Å²) < 4.78 is 21.6. The summed E-state index contributed by atoms with van der Waals surface area (Å²) in [6.07, 6.45) is 3.85. The molecule has 0 saturated carbocycles. The van der Waals surface area contributed by atoms with Crippen LogP contribution in [0, 0.1) is 0 Å². The second-order valence-electron chi connectivity index (χ2n) is 4.36. The van der Waals surface area contributed by atoms with Gasteiger partial charge in [-0.2, -0.15) is 0 Å². The molecule has 1 heterocycles. The third-order valence-electron chi connectivity index (χ3n) is 2.58. The Kier molecular flexibility index (Phi) is 11.1. The Hall–Kier alpha value is -0.880. The van der Waals surface area contributed by atoms with Crippen molar-refractivity contribution in [3.05, 3.63) is 23.5 Å². The minimum absolute atomic E-state index is 0.453. The largest absolute Gasteiger partial charge is 0.490 e. The van der Waals surface area contributed by atoms with Gasteiger partial charge in [0.1, 0.15) is 17.5 Å². The monoisotopic (exact) mass is 317 g/mol. The molecular weight excluding hydrogens is 294 g/mol. The van der Waals surface area contributed by atoms with Crippen LogP contribution in [-0.4, -0.2) is 51.2 Å². The Bertz CT molecular complexity index is 348. The predicted octanol–water partition coefficient (Wildman–Crippen LogP) is 2.96. The summed E-state index contributed by atoms with van der Waals surface area (Å²) in [5.41, 5.74) is 0. The maximum Gasteiger partial charge on any atom is 0.137 e. The molecule has 0 amide bonds. The van der Waals surface area contributed by atoms with E-state index in [-0.39, 0.29) is 0 Å². The lowest BCUT2D eigenvalue weighted by atomic mass is 10.4. The quantitative estimate of drug-likeness (QED) is 0.413. The number of ether oxygens (including phenoxy) is 4. The molecule has 0 aliphatic rings. The van der Waals surface area contributed by atoms with Gasteiger partial charge in [0.2, 0.25) is 0 Å². The van der Waals surface area contributed by atoms with Gasteiger partial charge >= 0.3 is 0 Å². The van der Waals surface area contributed by atoms with Crippen molar-refractivity contribution in [1.29, 1.82) is 0 Å². The van der Waals surface area contributed by atoms with E-state index in [4.69, 9.17) is 30.5 Å². The van der Waals surface area contributed by atoms with Crippen LogP contribution in [-0.2, 0) is 14.2 Å².